The fraction of sp³-hybridized carbons (Fsp3) is 0.500. The van der Waals surface area contributed by atoms with Gasteiger partial charge in [0.1, 0.15) is 0 Å². The smallest absolute Gasteiger partial charge is 0.212 e. The summed E-state index contributed by atoms with van der Waals surface area (Å²) in [5, 5.41) is 0. The normalized spacial score (nSPS) is 18.3. The zero-order valence-corrected chi connectivity index (χ0v) is 10.9. The van der Waals surface area contributed by atoms with Gasteiger partial charge in [-0.15, -0.1) is 0 Å². The monoisotopic (exact) mass is 244 g/mol. The maximum Gasteiger partial charge on any atom is 0.212 e. The number of hydrogen-bond donors (Lipinski definition) is 2. The number of anilines is 1. The van der Waals surface area contributed by atoms with Gasteiger partial charge in [-0.1, -0.05) is 12.1 Å². The lowest BCUT2D eigenvalue weighted by Crippen LogP contribution is -2.39. The highest BCUT2D eigenvalue weighted by atomic mass is 15.5. The molecule has 0 aromatic heterocycles. The van der Waals surface area contributed by atoms with Crippen LogP contribution in [-0.2, 0) is 12.8 Å². The Balaban J connectivity index is 1.73. The minimum absolute atomic E-state index is 0.882. The molecule has 0 atom stereocenters. The number of benzene rings is 1. The molecule has 0 saturated heterocycles. The van der Waals surface area contributed by atoms with E-state index >= 15 is 0 Å². The molecule has 0 bridgehead atoms. The van der Waals surface area contributed by atoms with Crippen molar-refractivity contribution in [3.8, 4) is 0 Å². The van der Waals surface area contributed by atoms with Gasteiger partial charge in [-0.3, -0.25) is 10.9 Å². The quantitative estimate of drug-likeness (QED) is 0.779. The van der Waals surface area contributed by atoms with E-state index in [9.17, 15) is 0 Å². The number of fused-ring (bicyclic) bond motifs is 1. The van der Waals surface area contributed by atoms with Crippen LogP contribution < -0.4 is 10.9 Å². The molecular formula is C14H20N4. The van der Waals surface area contributed by atoms with Crippen molar-refractivity contribution >= 4 is 11.6 Å². The molecule has 4 nitrogen and oxygen atoms in total. The van der Waals surface area contributed by atoms with Crippen LogP contribution in [0, 0.1) is 0 Å². The van der Waals surface area contributed by atoms with Crippen molar-refractivity contribution in [2.75, 3.05) is 25.6 Å². The van der Waals surface area contributed by atoms with Crippen molar-refractivity contribution in [1.29, 1.82) is 0 Å². The average Bonchev–Trinajstić information content (AvgIpc) is 2.82. The number of guanidine groups is 1. The number of hydrazine groups is 1. The molecule has 1 aromatic carbocycles. The SMILES string of the molecule is CN1CCN=C1NNc1cccc2c1CCCC2. The predicted molar refractivity (Wildman–Crippen MR) is 74.8 cm³/mol. The van der Waals surface area contributed by atoms with Gasteiger partial charge in [0.05, 0.1) is 12.2 Å². The second-order valence-corrected chi connectivity index (χ2v) is 5.03. The summed E-state index contributed by atoms with van der Waals surface area (Å²) in [7, 11) is 2.06. The van der Waals surface area contributed by atoms with Crippen LogP contribution >= 0.6 is 0 Å². The van der Waals surface area contributed by atoms with E-state index in [0.717, 1.165) is 19.0 Å². The van der Waals surface area contributed by atoms with Gasteiger partial charge >= 0.3 is 0 Å². The van der Waals surface area contributed by atoms with Gasteiger partial charge in [-0.25, -0.2) is 4.99 Å². The van der Waals surface area contributed by atoms with Crippen molar-refractivity contribution in [2.45, 2.75) is 25.7 Å². The van der Waals surface area contributed by atoms with Gasteiger partial charge in [0.25, 0.3) is 0 Å². The Bertz CT molecular complexity index is 467. The molecule has 96 valence electrons. The van der Waals surface area contributed by atoms with Gasteiger partial charge in [0, 0.05) is 13.6 Å². The first-order valence-electron chi connectivity index (χ1n) is 6.73. The standard InChI is InChI=1S/C14H20N4/c1-18-10-9-15-14(18)17-16-13-8-4-6-11-5-2-3-7-12(11)13/h4,6,8,16H,2-3,5,7,9-10H2,1H3,(H,15,17). The van der Waals surface area contributed by atoms with Gasteiger partial charge in [0.2, 0.25) is 5.96 Å². The largest absolute Gasteiger partial charge is 0.343 e. The summed E-state index contributed by atoms with van der Waals surface area (Å²) in [6.07, 6.45) is 5.01. The van der Waals surface area contributed by atoms with Crippen molar-refractivity contribution in [2.24, 2.45) is 4.99 Å². The van der Waals surface area contributed by atoms with Crippen LogP contribution in [-0.4, -0.2) is 31.0 Å². The van der Waals surface area contributed by atoms with Crippen molar-refractivity contribution in [3.05, 3.63) is 29.3 Å². The first-order valence-corrected chi connectivity index (χ1v) is 6.73. The molecule has 0 fully saturated rings. The summed E-state index contributed by atoms with van der Waals surface area (Å²) in [6.45, 7) is 1.88. The molecule has 1 aliphatic carbocycles. The third-order valence-corrected chi connectivity index (χ3v) is 3.76. The second-order valence-electron chi connectivity index (χ2n) is 5.03. The number of aliphatic imine (C=N–C) groups is 1. The van der Waals surface area contributed by atoms with E-state index in [0.29, 0.717) is 0 Å². The van der Waals surface area contributed by atoms with E-state index in [1.807, 2.05) is 0 Å². The van der Waals surface area contributed by atoms with Crippen LogP contribution in [0.3, 0.4) is 0 Å². The molecule has 4 heteroatoms. The molecule has 0 unspecified atom stereocenters. The molecule has 1 heterocycles. The molecule has 2 aliphatic rings. The molecule has 0 saturated carbocycles. The second kappa shape index (κ2) is 4.88. The number of hydrogen-bond acceptors (Lipinski definition) is 4. The number of aryl methyl sites for hydroxylation is 1. The van der Waals surface area contributed by atoms with Crippen molar-refractivity contribution in [3.63, 3.8) is 0 Å². The van der Waals surface area contributed by atoms with E-state index in [1.165, 1.54) is 42.5 Å². The summed E-state index contributed by atoms with van der Waals surface area (Å²) >= 11 is 0. The Morgan fingerprint density at radius 3 is 2.89 bits per heavy atom. The topological polar surface area (TPSA) is 39.7 Å². The fourth-order valence-corrected chi connectivity index (χ4v) is 2.69. The lowest BCUT2D eigenvalue weighted by atomic mass is 9.91. The Morgan fingerprint density at radius 1 is 1.17 bits per heavy atom. The predicted octanol–water partition coefficient (Wildman–Crippen LogP) is 1.78. The number of rotatable bonds is 2. The van der Waals surface area contributed by atoms with Crippen molar-refractivity contribution < 1.29 is 0 Å². The molecular weight excluding hydrogens is 224 g/mol. The number of nitrogens with zero attached hydrogens (tertiary/aromatic N) is 2. The van der Waals surface area contributed by atoms with Crippen LogP contribution in [0.25, 0.3) is 0 Å². The Kier molecular flexibility index (Phi) is 3.09. The molecule has 1 aromatic rings. The van der Waals surface area contributed by atoms with Gasteiger partial charge in [-0.05, 0) is 42.9 Å². The highest BCUT2D eigenvalue weighted by Gasteiger charge is 2.15. The van der Waals surface area contributed by atoms with Crippen LogP contribution in [0.1, 0.15) is 24.0 Å². The fourth-order valence-electron chi connectivity index (χ4n) is 2.69. The van der Waals surface area contributed by atoms with Crippen LogP contribution in [0.15, 0.2) is 23.2 Å². The zero-order chi connectivity index (χ0) is 12.4. The highest BCUT2D eigenvalue weighted by Crippen LogP contribution is 2.27. The third-order valence-electron chi connectivity index (χ3n) is 3.76. The highest BCUT2D eigenvalue weighted by molar-refractivity contribution is 5.82. The van der Waals surface area contributed by atoms with Gasteiger partial charge in [-0.2, -0.15) is 0 Å². The summed E-state index contributed by atoms with van der Waals surface area (Å²) in [5.74, 6) is 0.934. The van der Waals surface area contributed by atoms with Crippen molar-refractivity contribution in [1.82, 2.24) is 10.3 Å². The molecule has 18 heavy (non-hydrogen) atoms. The summed E-state index contributed by atoms with van der Waals surface area (Å²) in [5.41, 5.74) is 10.7. The summed E-state index contributed by atoms with van der Waals surface area (Å²) < 4.78 is 0. The number of likely N-dealkylation sites (N-methyl/N-ethyl adjacent to an activating group) is 1. The first kappa shape index (κ1) is 11.4. The van der Waals surface area contributed by atoms with E-state index in [2.05, 4.69) is 46.0 Å². The molecule has 1 aliphatic heterocycles. The Hall–Kier alpha value is -1.71. The molecule has 2 N–H and O–H groups in total. The van der Waals surface area contributed by atoms with Gasteiger partial charge in [0.15, 0.2) is 0 Å². The maximum absolute atomic E-state index is 4.41. The van der Waals surface area contributed by atoms with E-state index in [4.69, 9.17) is 0 Å². The molecule has 0 spiro atoms. The van der Waals surface area contributed by atoms with E-state index in [1.54, 1.807) is 0 Å². The zero-order valence-electron chi connectivity index (χ0n) is 10.9. The minimum Gasteiger partial charge on any atom is -0.343 e. The first-order chi connectivity index (χ1) is 8.84. The average molecular weight is 244 g/mol. The van der Waals surface area contributed by atoms with E-state index < -0.39 is 0 Å². The summed E-state index contributed by atoms with van der Waals surface area (Å²) in [4.78, 5) is 6.54. The van der Waals surface area contributed by atoms with Crippen LogP contribution in [0.4, 0.5) is 5.69 Å². The molecule has 0 radical (unpaired) electrons. The van der Waals surface area contributed by atoms with Crippen LogP contribution in [0.5, 0.6) is 0 Å². The van der Waals surface area contributed by atoms with Crippen LogP contribution in [0.2, 0.25) is 0 Å². The van der Waals surface area contributed by atoms with E-state index in [-0.39, 0.29) is 0 Å². The Morgan fingerprint density at radius 2 is 2.06 bits per heavy atom. The minimum atomic E-state index is 0.882. The molecule has 0 amide bonds. The third kappa shape index (κ3) is 2.15. The summed E-state index contributed by atoms with van der Waals surface area (Å²) in [6, 6.07) is 6.53. The lowest BCUT2D eigenvalue weighted by Gasteiger charge is -2.22. The lowest BCUT2D eigenvalue weighted by molar-refractivity contribution is 0.540. The maximum atomic E-state index is 4.41. The molecule has 3 rings (SSSR count). The van der Waals surface area contributed by atoms with Gasteiger partial charge < -0.3 is 4.90 Å². The Labute approximate surface area is 108 Å². The number of nitrogens with one attached hydrogen (secondary N) is 2.